The SMILES string of the molecule is COc1cc(N=Nc2ccc(SOOO)cc2)c(OC)cc1N. The lowest BCUT2D eigenvalue weighted by molar-refractivity contribution is -0.432. The first-order valence-electron chi connectivity index (χ1n) is 6.36. The third kappa shape index (κ3) is 4.57. The van der Waals surface area contributed by atoms with Gasteiger partial charge in [0.2, 0.25) is 0 Å². The molecule has 3 N–H and O–H groups in total. The molecule has 0 spiro atoms. The summed E-state index contributed by atoms with van der Waals surface area (Å²) in [7, 11) is 3.04. The number of anilines is 1. The van der Waals surface area contributed by atoms with Crippen molar-refractivity contribution < 1.29 is 24.1 Å². The predicted octanol–water partition coefficient (Wildman–Crippen LogP) is 4.13. The molecule has 0 saturated heterocycles. The molecule has 0 unspecified atom stereocenters. The molecular formula is C14H15N3O5S. The van der Waals surface area contributed by atoms with Gasteiger partial charge in [-0.1, -0.05) is 5.04 Å². The highest BCUT2D eigenvalue weighted by Crippen LogP contribution is 2.37. The van der Waals surface area contributed by atoms with Crippen molar-refractivity contribution in [2.24, 2.45) is 10.2 Å². The standard InChI is InChI=1S/C14H15N3O5S/c1-19-13-8-12(14(20-2)7-11(13)15)17-16-9-3-5-10(6-4-9)23-22-21-18/h3-8,18H,15H2,1-2H3. The van der Waals surface area contributed by atoms with Crippen molar-refractivity contribution in [3.8, 4) is 11.5 Å². The van der Waals surface area contributed by atoms with Crippen LogP contribution in [0.3, 0.4) is 0 Å². The summed E-state index contributed by atoms with van der Waals surface area (Å²) in [6.07, 6.45) is 0. The van der Waals surface area contributed by atoms with Crippen LogP contribution < -0.4 is 15.2 Å². The number of methoxy groups -OCH3 is 2. The van der Waals surface area contributed by atoms with Gasteiger partial charge >= 0.3 is 0 Å². The number of ether oxygens (including phenoxy) is 2. The second-order valence-electron chi connectivity index (χ2n) is 4.19. The normalized spacial score (nSPS) is 10.9. The maximum atomic E-state index is 8.10. The third-order valence-electron chi connectivity index (χ3n) is 2.80. The first-order chi connectivity index (χ1) is 11.2. The molecule has 122 valence electrons. The first kappa shape index (κ1) is 17.0. The van der Waals surface area contributed by atoms with Gasteiger partial charge in [0.05, 0.1) is 37.6 Å². The van der Waals surface area contributed by atoms with E-state index >= 15 is 0 Å². The summed E-state index contributed by atoms with van der Waals surface area (Å²) in [5.74, 6) is 0.986. The molecule has 0 aromatic heterocycles. The van der Waals surface area contributed by atoms with Gasteiger partial charge in [-0.05, 0) is 24.3 Å². The Hall–Kier alpha value is -2.33. The lowest BCUT2D eigenvalue weighted by Gasteiger charge is -2.09. The molecule has 0 aliphatic rings. The maximum absolute atomic E-state index is 8.10. The van der Waals surface area contributed by atoms with E-state index in [1.54, 1.807) is 36.4 Å². The van der Waals surface area contributed by atoms with E-state index in [1.165, 1.54) is 14.2 Å². The second-order valence-corrected chi connectivity index (χ2v) is 4.96. The number of hydrogen-bond acceptors (Lipinski definition) is 9. The minimum absolute atomic E-state index is 0.454. The van der Waals surface area contributed by atoms with Crippen molar-refractivity contribution >= 4 is 29.1 Å². The van der Waals surface area contributed by atoms with Crippen LogP contribution in [0.5, 0.6) is 11.5 Å². The number of azo groups is 1. The van der Waals surface area contributed by atoms with Gasteiger partial charge in [-0.25, -0.2) is 5.26 Å². The second kappa shape index (κ2) is 8.34. The number of benzene rings is 2. The molecular weight excluding hydrogens is 322 g/mol. The van der Waals surface area contributed by atoms with Crippen LogP contribution in [0.25, 0.3) is 0 Å². The Bertz CT molecular complexity index is 679. The van der Waals surface area contributed by atoms with Gasteiger partial charge in [-0.3, -0.25) is 0 Å². The summed E-state index contributed by atoms with van der Waals surface area (Å²) in [4.78, 5) is 0.727. The number of nitrogens with zero attached hydrogens (tertiary/aromatic N) is 2. The molecule has 2 aromatic carbocycles. The lowest BCUT2D eigenvalue weighted by Crippen LogP contribution is -1.93. The summed E-state index contributed by atoms with van der Waals surface area (Å²) in [5, 5.41) is 19.9. The summed E-state index contributed by atoms with van der Waals surface area (Å²) in [6, 6.07) is 10.2. The zero-order chi connectivity index (χ0) is 16.7. The Morgan fingerprint density at radius 2 is 1.70 bits per heavy atom. The van der Waals surface area contributed by atoms with Crippen LogP contribution in [0.15, 0.2) is 51.5 Å². The molecule has 2 aromatic rings. The van der Waals surface area contributed by atoms with Gasteiger partial charge in [0.1, 0.15) is 17.2 Å². The van der Waals surface area contributed by atoms with E-state index in [0.717, 1.165) is 16.9 Å². The summed E-state index contributed by atoms with van der Waals surface area (Å²) < 4.78 is 14.7. The van der Waals surface area contributed by atoms with Crippen molar-refractivity contribution in [1.82, 2.24) is 0 Å². The molecule has 23 heavy (non-hydrogen) atoms. The van der Waals surface area contributed by atoms with E-state index in [2.05, 4.69) is 19.6 Å². The zero-order valence-corrected chi connectivity index (χ0v) is 13.2. The lowest BCUT2D eigenvalue weighted by atomic mass is 10.2. The molecule has 0 aliphatic heterocycles. The summed E-state index contributed by atoms with van der Waals surface area (Å²) in [6.45, 7) is 0. The molecule has 0 amide bonds. The fourth-order valence-corrected chi connectivity index (χ4v) is 2.07. The van der Waals surface area contributed by atoms with E-state index in [9.17, 15) is 0 Å². The van der Waals surface area contributed by atoms with Gasteiger partial charge in [0.15, 0.2) is 0 Å². The molecule has 0 aliphatic carbocycles. The smallest absolute Gasteiger partial charge is 0.148 e. The van der Waals surface area contributed by atoms with Crippen LogP contribution in [0.2, 0.25) is 0 Å². The monoisotopic (exact) mass is 337 g/mol. The molecule has 0 fully saturated rings. The third-order valence-corrected chi connectivity index (χ3v) is 3.40. The van der Waals surface area contributed by atoms with Crippen LogP contribution in [0, 0.1) is 0 Å². The van der Waals surface area contributed by atoms with E-state index in [-0.39, 0.29) is 0 Å². The molecule has 9 heteroatoms. The largest absolute Gasteiger partial charge is 0.495 e. The maximum Gasteiger partial charge on any atom is 0.148 e. The highest BCUT2D eigenvalue weighted by atomic mass is 32.2. The minimum Gasteiger partial charge on any atom is -0.495 e. The van der Waals surface area contributed by atoms with Crippen LogP contribution in [-0.4, -0.2) is 19.5 Å². The van der Waals surface area contributed by atoms with Crippen molar-refractivity contribution in [2.75, 3.05) is 20.0 Å². The van der Waals surface area contributed by atoms with Crippen LogP contribution in [0.4, 0.5) is 17.1 Å². The number of nitrogen functional groups attached to an aromatic ring is 1. The molecule has 8 nitrogen and oxygen atoms in total. The van der Waals surface area contributed by atoms with E-state index in [1.807, 2.05) is 0 Å². The molecule has 0 atom stereocenters. The minimum atomic E-state index is 0.454. The summed E-state index contributed by atoms with van der Waals surface area (Å²) >= 11 is 0.861. The van der Waals surface area contributed by atoms with Crippen molar-refractivity contribution in [1.29, 1.82) is 0 Å². The Morgan fingerprint density at radius 3 is 2.30 bits per heavy atom. The average Bonchev–Trinajstić information content (AvgIpc) is 2.59. The Morgan fingerprint density at radius 1 is 1.00 bits per heavy atom. The first-order valence-corrected chi connectivity index (χ1v) is 7.10. The molecule has 2 rings (SSSR count). The predicted molar refractivity (Wildman–Crippen MR) is 85.2 cm³/mol. The fraction of sp³-hybridized carbons (Fsp3) is 0.143. The van der Waals surface area contributed by atoms with Crippen molar-refractivity contribution in [3.05, 3.63) is 36.4 Å². The van der Waals surface area contributed by atoms with Crippen molar-refractivity contribution in [3.63, 3.8) is 0 Å². The van der Waals surface area contributed by atoms with E-state index < -0.39 is 0 Å². The van der Waals surface area contributed by atoms with Gasteiger partial charge < -0.3 is 15.2 Å². The molecule has 0 radical (unpaired) electrons. The Labute approximate surface area is 136 Å². The van der Waals surface area contributed by atoms with E-state index in [4.69, 9.17) is 20.5 Å². The Kier molecular flexibility index (Phi) is 6.18. The number of nitrogens with two attached hydrogens (primary N) is 1. The van der Waals surface area contributed by atoms with Crippen molar-refractivity contribution in [2.45, 2.75) is 4.90 Å². The highest BCUT2D eigenvalue weighted by molar-refractivity contribution is 7.94. The zero-order valence-electron chi connectivity index (χ0n) is 12.4. The van der Waals surface area contributed by atoms with Gasteiger partial charge in [-0.2, -0.15) is 5.11 Å². The van der Waals surface area contributed by atoms with Crippen LogP contribution in [-0.2, 0) is 9.37 Å². The van der Waals surface area contributed by atoms with Gasteiger partial charge in [-0.15, -0.1) is 9.45 Å². The summed E-state index contributed by atoms with van der Waals surface area (Å²) in [5.41, 5.74) is 7.39. The van der Waals surface area contributed by atoms with Crippen LogP contribution in [0.1, 0.15) is 0 Å². The fourth-order valence-electron chi connectivity index (χ4n) is 1.72. The number of rotatable bonds is 7. The molecule has 0 heterocycles. The molecule has 0 saturated carbocycles. The quantitative estimate of drug-likeness (QED) is 0.257. The van der Waals surface area contributed by atoms with Gasteiger partial charge in [0, 0.05) is 17.0 Å². The highest BCUT2D eigenvalue weighted by Gasteiger charge is 2.08. The molecule has 0 bridgehead atoms. The average molecular weight is 337 g/mol. The van der Waals surface area contributed by atoms with E-state index in [0.29, 0.717) is 28.6 Å². The number of hydrogen-bond donors (Lipinski definition) is 2. The topological polar surface area (TPSA) is 108 Å². The van der Waals surface area contributed by atoms with Gasteiger partial charge in [0.25, 0.3) is 0 Å². The Balaban J connectivity index is 2.19. The van der Waals surface area contributed by atoms with Crippen LogP contribution >= 0.6 is 12.0 Å².